The lowest BCUT2D eigenvalue weighted by Crippen LogP contribution is -2.51. The molecule has 1 aromatic rings. The first-order valence-corrected chi connectivity index (χ1v) is 10.9. The van der Waals surface area contributed by atoms with Crippen LogP contribution in [0, 0.1) is 19.8 Å². The molecular formula is C22H42N6. The van der Waals surface area contributed by atoms with Gasteiger partial charge in [-0.3, -0.25) is 9.67 Å². The SMILES string of the molecule is CCNC(=NCC1(N(C)C)CCCC(C)C1)NC(C)Cc1c(C)nn(C)c1C. The van der Waals surface area contributed by atoms with Crippen LogP contribution in [0.25, 0.3) is 0 Å². The molecule has 0 saturated heterocycles. The minimum Gasteiger partial charge on any atom is -0.357 e. The molecule has 0 spiro atoms. The molecule has 1 aromatic heterocycles. The largest absolute Gasteiger partial charge is 0.357 e. The summed E-state index contributed by atoms with van der Waals surface area (Å²) in [7, 11) is 6.44. The van der Waals surface area contributed by atoms with Crippen molar-refractivity contribution in [2.45, 2.75) is 78.3 Å². The molecule has 160 valence electrons. The van der Waals surface area contributed by atoms with Crippen LogP contribution < -0.4 is 10.6 Å². The molecule has 3 atom stereocenters. The number of aromatic nitrogens is 2. The van der Waals surface area contributed by atoms with Gasteiger partial charge in [-0.1, -0.05) is 19.8 Å². The van der Waals surface area contributed by atoms with Crippen LogP contribution in [-0.4, -0.2) is 59.4 Å². The van der Waals surface area contributed by atoms with E-state index in [-0.39, 0.29) is 5.54 Å². The second kappa shape index (κ2) is 9.77. The van der Waals surface area contributed by atoms with Crippen molar-refractivity contribution in [1.29, 1.82) is 0 Å². The van der Waals surface area contributed by atoms with Gasteiger partial charge >= 0.3 is 0 Å². The monoisotopic (exact) mass is 390 g/mol. The van der Waals surface area contributed by atoms with E-state index < -0.39 is 0 Å². The number of aliphatic imine (C=N–C) groups is 1. The summed E-state index contributed by atoms with van der Waals surface area (Å²) >= 11 is 0. The van der Waals surface area contributed by atoms with Crippen molar-refractivity contribution in [1.82, 2.24) is 25.3 Å². The second-order valence-corrected chi connectivity index (χ2v) is 9.04. The smallest absolute Gasteiger partial charge is 0.191 e. The minimum absolute atomic E-state index is 0.180. The van der Waals surface area contributed by atoms with Gasteiger partial charge in [0.1, 0.15) is 0 Å². The molecule has 1 aliphatic carbocycles. The summed E-state index contributed by atoms with van der Waals surface area (Å²) in [5.41, 5.74) is 3.89. The number of nitrogens with zero attached hydrogens (tertiary/aromatic N) is 4. The molecule has 0 aliphatic heterocycles. The summed E-state index contributed by atoms with van der Waals surface area (Å²) in [4.78, 5) is 7.43. The highest BCUT2D eigenvalue weighted by Gasteiger charge is 2.36. The van der Waals surface area contributed by atoms with Gasteiger partial charge < -0.3 is 15.5 Å². The second-order valence-electron chi connectivity index (χ2n) is 9.04. The number of nitrogens with one attached hydrogen (secondary N) is 2. The highest BCUT2D eigenvalue weighted by atomic mass is 15.3. The van der Waals surface area contributed by atoms with Gasteiger partial charge in [-0.25, -0.2) is 0 Å². The summed E-state index contributed by atoms with van der Waals surface area (Å²) in [5.74, 6) is 1.70. The number of hydrogen-bond donors (Lipinski definition) is 2. The molecule has 0 bridgehead atoms. The molecule has 6 nitrogen and oxygen atoms in total. The molecular weight excluding hydrogens is 348 g/mol. The van der Waals surface area contributed by atoms with E-state index >= 15 is 0 Å². The molecule has 1 aliphatic rings. The van der Waals surface area contributed by atoms with Gasteiger partial charge in [0.05, 0.1) is 12.2 Å². The lowest BCUT2D eigenvalue weighted by Gasteiger charge is -2.44. The van der Waals surface area contributed by atoms with Gasteiger partial charge in [-0.15, -0.1) is 0 Å². The molecule has 28 heavy (non-hydrogen) atoms. The standard InChI is InChI=1S/C22H42N6/c1-9-23-21(24-15-22(27(6)7)12-10-11-16(2)14-22)25-17(3)13-20-18(4)26-28(8)19(20)5/h16-17H,9-15H2,1-8H3,(H2,23,24,25). The molecule has 0 aromatic carbocycles. The van der Waals surface area contributed by atoms with E-state index in [1.54, 1.807) is 0 Å². The Bertz CT molecular complexity index is 662. The minimum atomic E-state index is 0.180. The quantitative estimate of drug-likeness (QED) is 0.555. The van der Waals surface area contributed by atoms with E-state index in [1.807, 2.05) is 11.7 Å². The zero-order chi connectivity index (χ0) is 20.9. The fourth-order valence-corrected chi connectivity index (χ4v) is 4.57. The van der Waals surface area contributed by atoms with Crippen LogP contribution in [0.5, 0.6) is 0 Å². The Labute approximate surface area is 172 Å². The third-order valence-electron chi connectivity index (χ3n) is 6.44. The highest BCUT2D eigenvalue weighted by Crippen LogP contribution is 2.35. The average Bonchev–Trinajstić information content (AvgIpc) is 2.86. The summed E-state index contributed by atoms with van der Waals surface area (Å²) in [5, 5.41) is 11.6. The predicted molar refractivity (Wildman–Crippen MR) is 119 cm³/mol. The zero-order valence-electron chi connectivity index (χ0n) is 19.4. The van der Waals surface area contributed by atoms with Gasteiger partial charge in [0.15, 0.2) is 5.96 Å². The molecule has 1 fully saturated rings. The van der Waals surface area contributed by atoms with Crippen molar-refractivity contribution in [3.63, 3.8) is 0 Å². The van der Waals surface area contributed by atoms with Gasteiger partial charge in [0.2, 0.25) is 0 Å². The van der Waals surface area contributed by atoms with Crippen molar-refractivity contribution in [3.05, 3.63) is 17.0 Å². The molecule has 1 saturated carbocycles. The van der Waals surface area contributed by atoms with Gasteiger partial charge in [0, 0.05) is 30.9 Å². The summed E-state index contributed by atoms with van der Waals surface area (Å²) in [6, 6.07) is 0.292. The number of hydrogen-bond acceptors (Lipinski definition) is 3. The van der Waals surface area contributed by atoms with E-state index in [0.717, 1.165) is 37.1 Å². The first kappa shape index (κ1) is 22.7. The van der Waals surface area contributed by atoms with Crippen LogP contribution in [0.15, 0.2) is 4.99 Å². The Hall–Kier alpha value is -1.56. The zero-order valence-corrected chi connectivity index (χ0v) is 19.4. The highest BCUT2D eigenvalue weighted by molar-refractivity contribution is 5.80. The van der Waals surface area contributed by atoms with E-state index in [9.17, 15) is 0 Å². The number of likely N-dealkylation sites (N-methyl/N-ethyl adjacent to an activating group) is 1. The maximum absolute atomic E-state index is 5.03. The Morgan fingerprint density at radius 1 is 1.39 bits per heavy atom. The van der Waals surface area contributed by atoms with Crippen LogP contribution in [0.4, 0.5) is 0 Å². The molecule has 0 radical (unpaired) electrons. The fraction of sp³-hybridized carbons (Fsp3) is 0.818. The first-order chi connectivity index (χ1) is 13.2. The lowest BCUT2D eigenvalue weighted by atomic mass is 9.75. The molecule has 6 heteroatoms. The van der Waals surface area contributed by atoms with E-state index in [4.69, 9.17) is 4.99 Å². The number of aryl methyl sites for hydroxylation is 2. The maximum atomic E-state index is 5.03. The van der Waals surface area contributed by atoms with Crippen LogP contribution in [0.3, 0.4) is 0 Å². The number of guanidine groups is 1. The van der Waals surface area contributed by atoms with Crippen LogP contribution in [0.1, 0.15) is 63.4 Å². The fourth-order valence-electron chi connectivity index (χ4n) is 4.57. The van der Waals surface area contributed by atoms with Crippen molar-refractivity contribution < 1.29 is 0 Å². The van der Waals surface area contributed by atoms with Crippen molar-refractivity contribution in [2.75, 3.05) is 27.2 Å². The average molecular weight is 391 g/mol. The Kier molecular flexibility index (Phi) is 7.93. The lowest BCUT2D eigenvalue weighted by molar-refractivity contribution is 0.0845. The van der Waals surface area contributed by atoms with Crippen molar-refractivity contribution >= 4 is 5.96 Å². The third kappa shape index (κ3) is 5.49. The topological polar surface area (TPSA) is 57.5 Å². The molecule has 2 N–H and O–H groups in total. The van der Waals surface area contributed by atoms with Crippen LogP contribution in [-0.2, 0) is 13.5 Å². The van der Waals surface area contributed by atoms with Crippen molar-refractivity contribution in [2.24, 2.45) is 18.0 Å². The first-order valence-electron chi connectivity index (χ1n) is 10.9. The van der Waals surface area contributed by atoms with Gasteiger partial charge in [0.25, 0.3) is 0 Å². The Balaban J connectivity index is 2.08. The maximum Gasteiger partial charge on any atom is 0.191 e. The van der Waals surface area contributed by atoms with Crippen molar-refractivity contribution in [3.8, 4) is 0 Å². The van der Waals surface area contributed by atoms with Gasteiger partial charge in [-0.2, -0.15) is 5.10 Å². The molecule has 2 rings (SSSR count). The Morgan fingerprint density at radius 2 is 2.11 bits per heavy atom. The van der Waals surface area contributed by atoms with E-state index in [0.29, 0.717) is 6.04 Å². The van der Waals surface area contributed by atoms with Crippen LogP contribution in [0.2, 0.25) is 0 Å². The third-order valence-corrected chi connectivity index (χ3v) is 6.44. The van der Waals surface area contributed by atoms with E-state index in [1.165, 1.54) is 36.9 Å². The molecule has 0 amide bonds. The summed E-state index contributed by atoms with van der Waals surface area (Å²) < 4.78 is 1.97. The predicted octanol–water partition coefficient (Wildman–Crippen LogP) is 3.03. The Morgan fingerprint density at radius 3 is 2.64 bits per heavy atom. The van der Waals surface area contributed by atoms with Gasteiger partial charge in [-0.05, 0) is 72.5 Å². The molecule has 1 heterocycles. The van der Waals surface area contributed by atoms with Crippen LogP contribution >= 0.6 is 0 Å². The summed E-state index contributed by atoms with van der Waals surface area (Å²) in [6.45, 7) is 12.7. The van der Waals surface area contributed by atoms with E-state index in [2.05, 4.69) is 69.3 Å². The normalized spacial score (nSPS) is 24.5. The number of rotatable bonds is 7. The summed E-state index contributed by atoms with van der Waals surface area (Å²) in [6.07, 6.45) is 6.06. The molecule has 3 unspecified atom stereocenters.